The number of anilines is 1. The monoisotopic (exact) mass is 319 g/mol. The van der Waals surface area contributed by atoms with Crippen molar-refractivity contribution in [2.75, 3.05) is 11.6 Å². The predicted octanol–water partition coefficient (Wildman–Crippen LogP) is 2.98. The molecule has 3 rings (SSSR count). The van der Waals surface area contributed by atoms with Gasteiger partial charge in [0.15, 0.2) is 16.7 Å². The maximum Gasteiger partial charge on any atom is 0.277 e. The number of nitrogens with one attached hydrogen (secondary N) is 2. The molecular weight excluding hydrogens is 310 g/mol. The number of carbonyl (C=O) groups is 1. The van der Waals surface area contributed by atoms with Crippen molar-refractivity contribution in [3.05, 3.63) is 41.2 Å². The molecule has 2 aromatic heterocycles. The Labute approximate surface area is 129 Å². The van der Waals surface area contributed by atoms with E-state index in [0.717, 1.165) is 10.9 Å². The number of H-pyrrole nitrogens is 1. The van der Waals surface area contributed by atoms with Crippen molar-refractivity contribution in [2.24, 2.45) is 0 Å². The van der Waals surface area contributed by atoms with Crippen molar-refractivity contribution in [1.29, 1.82) is 0 Å². The number of aromatic nitrogens is 4. The Bertz CT molecular complexity index is 819. The highest BCUT2D eigenvalue weighted by molar-refractivity contribution is 7.98. The van der Waals surface area contributed by atoms with E-state index in [0.29, 0.717) is 11.0 Å². The van der Waals surface area contributed by atoms with E-state index in [1.807, 2.05) is 30.5 Å². The second kappa shape index (κ2) is 5.71. The number of carbonyl (C=O) groups excluding carboxylic acids is 1. The third-order valence-electron chi connectivity index (χ3n) is 2.82. The first kappa shape index (κ1) is 13.8. The van der Waals surface area contributed by atoms with Gasteiger partial charge in [0.25, 0.3) is 5.91 Å². The highest BCUT2D eigenvalue weighted by Crippen LogP contribution is 2.22. The first-order valence-electron chi connectivity index (χ1n) is 6.00. The number of thioether (sulfide) groups is 1. The van der Waals surface area contributed by atoms with E-state index in [9.17, 15) is 4.79 Å². The minimum absolute atomic E-state index is 0.128. The molecule has 0 atom stereocenters. The normalized spacial score (nSPS) is 10.8. The Kier molecular flexibility index (Phi) is 3.76. The van der Waals surface area contributed by atoms with Crippen molar-refractivity contribution in [3.8, 4) is 0 Å². The number of halogens is 1. The van der Waals surface area contributed by atoms with Gasteiger partial charge >= 0.3 is 0 Å². The fraction of sp³-hybridized carbons (Fsp3) is 0.0769. The number of nitrogens with zero attached hydrogens (tertiary/aromatic N) is 3. The average molecular weight is 320 g/mol. The molecule has 2 N–H and O–H groups in total. The Morgan fingerprint density at radius 3 is 3.00 bits per heavy atom. The van der Waals surface area contributed by atoms with Crippen LogP contribution in [0.1, 0.15) is 10.5 Å². The van der Waals surface area contributed by atoms with Gasteiger partial charge in [-0.15, -0.1) is 0 Å². The second-order valence-electron chi connectivity index (χ2n) is 4.13. The minimum atomic E-state index is -0.421. The van der Waals surface area contributed by atoms with Crippen LogP contribution in [0.3, 0.4) is 0 Å². The molecule has 0 radical (unpaired) electrons. The van der Waals surface area contributed by atoms with Crippen molar-refractivity contribution in [1.82, 2.24) is 20.2 Å². The lowest BCUT2D eigenvalue weighted by atomic mass is 10.2. The zero-order valence-electron chi connectivity index (χ0n) is 10.9. The lowest BCUT2D eigenvalue weighted by molar-refractivity contribution is 0.102. The zero-order chi connectivity index (χ0) is 14.8. The molecular formula is C13H10ClN5OS. The molecule has 0 aliphatic rings. The van der Waals surface area contributed by atoms with Gasteiger partial charge in [-0.1, -0.05) is 35.5 Å². The summed E-state index contributed by atoms with van der Waals surface area (Å²) in [6.45, 7) is 0. The van der Waals surface area contributed by atoms with Gasteiger partial charge in [0.1, 0.15) is 0 Å². The Morgan fingerprint density at radius 2 is 2.19 bits per heavy atom. The molecule has 8 heteroatoms. The summed E-state index contributed by atoms with van der Waals surface area (Å²) in [7, 11) is 0. The van der Waals surface area contributed by atoms with Gasteiger partial charge in [-0.3, -0.25) is 9.89 Å². The molecule has 106 valence electrons. The summed E-state index contributed by atoms with van der Waals surface area (Å²) in [5.74, 6) is 0.0194. The summed E-state index contributed by atoms with van der Waals surface area (Å²) in [6, 6.07) is 7.50. The fourth-order valence-corrected chi connectivity index (χ4v) is 2.35. The summed E-state index contributed by atoms with van der Waals surface area (Å²) in [4.78, 5) is 20.4. The van der Waals surface area contributed by atoms with E-state index in [1.165, 1.54) is 18.0 Å². The fourth-order valence-electron chi connectivity index (χ4n) is 1.83. The number of fused-ring (bicyclic) bond motifs is 1. The number of rotatable bonds is 3. The van der Waals surface area contributed by atoms with Crippen LogP contribution < -0.4 is 5.32 Å². The molecule has 1 amide bonds. The van der Waals surface area contributed by atoms with Crippen LogP contribution in [0.4, 0.5) is 5.82 Å². The van der Waals surface area contributed by atoms with Gasteiger partial charge in [-0.2, -0.15) is 5.10 Å². The maximum atomic E-state index is 12.3. The molecule has 0 saturated heterocycles. The van der Waals surface area contributed by atoms with E-state index in [4.69, 9.17) is 11.6 Å². The van der Waals surface area contributed by atoms with Gasteiger partial charge in [0.2, 0.25) is 0 Å². The number of para-hydroxylation sites is 1. The van der Waals surface area contributed by atoms with Crippen molar-refractivity contribution in [3.63, 3.8) is 0 Å². The second-order valence-corrected chi connectivity index (χ2v) is 5.31. The number of aromatic amines is 1. The predicted molar refractivity (Wildman–Crippen MR) is 82.9 cm³/mol. The van der Waals surface area contributed by atoms with E-state index >= 15 is 0 Å². The van der Waals surface area contributed by atoms with Crippen molar-refractivity contribution >= 4 is 46.0 Å². The lowest BCUT2D eigenvalue weighted by Gasteiger charge is -2.05. The molecule has 0 unspecified atom stereocenters. The number of benzene rings is 1. The van der Waals surface area contributed by atoms with Gasteiger partial charge in [-0.05, 0) is 18.4 Å². The van der Waals surface area contributed by atoms with Crippen LogP contribution in [0.15, 0.2) is 35.6 Å². The van der Waals surface area contributed by atoms with E-state index in [2.05, 4.69) is 25.5 Å². The summed E-state index contributed by atoms with van der Waals surface area (Å²) >= 11 is 7.32. The quantitative estimate of drug-likeness (QED) is 0.573. The summed E-state index contributed by atoms with van der Waals surface area (Å²) < 4.78 is 0. The Hall–Kier alpha value is -2.12. The molecule has 0 aliphatic heterocycles. The molecule has 6 nitrogen and oxygen atoms in total. The number of hydrogen-bond donors (Lipinski definition) is 2. The van der Waals surface area contributed by atoms with Crippen LogP contribution in [-0.2, 0) is 0 Å². The standard InChI is InChI=1S/C13H10ClN5OS/c1-21-13-15-6-8(14)10(16-13)12(20)17-11-7-4-2-3-5-9(7)18-19-11/h2-6H,1H3,(H2,17,18,19,20). The highest BCUT2D eigenvalue weighted by atomic mass is 35.5. The van der Waals surface area contributed by atoms with E-state index in [-0.39, 0.29) is 10.7 Å². The third-order valence-corrected chi connectivity index (χ3v) is 3.66. The van der Waals surface area contributed by atoms with Crippen LogP contribution in [-0.4, -0.2) is 32.3 Å². The first-order valence-corrected chi connectivity index (χ1v) is 7.60. The molecule has 0 fully saturated rings. The molecule has 0 aliphatic carbocycles. The van der Waals surface area contributed by atoms with Crippen LogP contribution in [0.25, 0.3) is 10.9 Å². The molecule has 0 spiro atoms. The lowest BCUT2D eigenvalue weighted by Crippen LogP contribution is -2.15. The zero-order valence-corrected chi connectivity index (χ0v) is 12.5. The van der Waals surface area contributed by atoms with Crippen LogP contribution in [0.2, 0.25) is 5.02 Å². The summed E-state index contributed by atoms with van der Waals surface area (Å²) in [5.41, 5.74) is 0.967. The third kappa shape index (κ3) is 2.70. The molecule has 0 saturated carbocycles. The van der Waals surface area contributed by atoms with E-state index in [1.54, 1.807) is 0 Å². The summed E-state index contributed by atoms with van der Waals surface area (Å²) in [6.07, 6.45) is 3.24. The van der Waals surface area contributed by atoms with Crippen LogP contribution in [0.5, 0.6) is 0 Å². The molecule has 2 heterocycles. The molecule has 1 aromatic carbocycles. The minimum Gasteiger partial charge on any atom is -0.303 e. The summed E-state index contributed by atoms with van der Waals surface area (Å²) in [5, 5.41) is 11.1. The smallest absolute Gasteiger partial charge is 0.277 e. The maximum absolute atomic E-state index is 12.3. The van der Waals surface area contributed by atoms with Gasteiger partial charge in [0, 0.05) is 5.39 Å². The first-order chi connectivity index (χ1) is 10.2. The molecule has 21 heavy (non-hydrogen) atoms. The largest absolute Gasteiger partial charge is 0.303 e. The molecule has 3 aromatic rings. The van der Waals surface area contributed by atoms with Crippen molar-refractivity contribution in [2.45, 2.75) is 5.16 Å². The van der Waals surface area contributed by atoms with Crippen LogP contribution >= 0.6 is 23.4 Å². The van der Waals surface area contributed by atoms with Crippen LogP contribution in [0, 0.1) is 0 Å². The van der Waals surface area contributed by atoms with Gasteiger partial charge in [-0.25, -0.2) is 9.97 Å². The Morgan fingerprint density at radius 1 is 1.38 bits per heavy atom. The topological polar surface area (TPSA) is 83.6 Å². The van der Waals surface area contributed by atoms with E-state index < -0.39 is 5.91 Å². The van der Waals surface area contributed by atoms with Crippen molar-refractivity contribution < 1.29 is 4.79 Å². The number of hydrogen-bond acceptors (Lipinski definition) is 5. The van der Waals surface area contributed by atoms with Gasteiger partial charge < -0.3 is 5.32 Å². The van der Waals surface area contributed by atoms with Gasteiger partial charge in [0.05, 0.1) is 16.7 Å². The average Bonchev–Trinajstić information content (AvgIpc) is 2.91. The highest BCUT2D eigenvalue weighted by Gasteiger charge is 2.16. The number of amides is 1. The SMILES string of the molecule is CSc1ncc(Cl)c(C(=O)Nc2n[nH]c3ccccc23)n1. The molecule has 0 bridgehead atoms. The Balaban J connectivity index is 1.93.